The molecule has 1 heterocycles. The monoisotopic (exact) mass is 470 g/mol. The second-order valence-corrected chi connectivity index (χ2v) is 9.04. The van der Waals surface area contributed by atoms with Gasteiger partial charge in [0.2, 0.25) is 5.91 Å². The summed E-state index contributed by atoms with van der Waals surface area (Å²) in [5.41, 5.74) is 9.58. The van der Waals surface area contributed by atoms with E-state index in [9.17, 15) is 9.59 Å². The van der Waals surface area contributed by atoms with Crippen molar-refractivity contribution in [1.29, 1.82) is 0 Å². The molecule has 4 rings (SSSR count). The van der Waals surface area contributed by atoms with Gasteiger partial charge in [0.15, 0.2) is 5.69 Å². The lowest BCUT2D eigenvalue weighted by molar-refractivity contribution is 0.0931. The van der Waals surface area contributed by atoms with Gasteiger partial charge in [-0.1, -0.05) is 53.7 Å². The van der Waals surface area contributed by atoms with Crippen molar-refractivity contribution in [1.82, 2.24) is 15.1 Å². The van der Waals surface area contributed by atoms with Crippen molar-refractivity contribution in [2.24, 2.45) is 5.73 Å². The number of carbonyl (C=O) groups is 2. The first-order valence-corrected chi connectivity index (χ1v) is 11.3. The summed E-state index contributed by atoms with van der Waals surface area (Å²) in [5, 5.41) is 8.58. The van der Waals surface area contributed by atoms with E-state index in [1.54, 1.807) is 28.9 Å². The molecular weight excluding hydrogens is 447 g/mol. The highest BCUT2D eigenvalue weighted by atomic mass is 35.5. The molecule has 2 amide bonds. The van der Waals surface area contributed by atoms with Crippen molar-refractivity contribution in [2.75, 3.05) is 0 Å². The molecule has 8 heteroatoms. The number of halogens is 2. The van der Waals surface area contributed by atoms with Crippen LogP contribution in [0.2, 0.25) is 10.0 Å². The zero-order valence-corrected chi connectivity index (χ0v) is 19.4. The van der Waals surface area contributed by atoms with Gasteiger partial charge in [-0.15, -0.1) is 0 Å². The van der Waals surface area contributed by atoms with E-state index in [0.29, 0.717) is 38.1 Å². The molecule has 0 spiro atoms. The lowest BCUT2D eigenvalue weighted by Gasteiger charge is -2.13. The van der Waals surface area contributed by atoms with E-state index in [4.69, 9.17) is 28.9 Å². The second-order valence-electron chi connectivity index (χ2n) is 8.20. The lowest BCUT2D eigenvalue weighted by atomic mass is 9.98. The molecule has 3 aromatic rings. The number of benzene rings is 2. The Bertz CT molecular complexity index is 1210. The molecule has 32 heavy (non-hydrogen) atoms. The Morgan fingerprint density at radius 2 is 1.81 bits per heavy atom. The summed E-state index contributed by atoms with van der Waals surface area (Å²) < 4.78 is 1.59. The number of nitrogens with one attached hydrogen (secondary N) is 1. The van der Waals surface area contributed by atoms with Gasteiger partial charge in [-0.3, -0.25) is 9.59 Å². The first-order chi connectivity index (χ1) is 15.3. The maximum Gasteiger partial charge on any atom is 0.272 e. The second kappa shape index (κ2) is 8.96. The molecule has 1 aliphatic carbocycles. The van der Waals surface area contributed by atoms with Gasteiger partial charge in [0.25, 0.3) is 5.91 Å². The van der Waals surface area contributed by atoms with Crippen molar-refractivity contribution in [3.05, 3.63) is 68.8 Å². The van der Waals surface area contributed by atoms with Crippen molar-refractivity contribution in [2.45, 2.75) is 45.6 Å². The maximum absolute atomic E-state index is 13.1. The predicted molar refractivity (Wildman–Crippen MR) is 127 cm³/mol. The molecule has 1 saturated carbocycles. The zero-order chi connectivity index (χ0) is 23.0. The highest BCUT2D eigenvalue weighted by Gasteiger charge is 2.27. The molecule has 0 saturated heterocycles. The van der Waals surface area contributed by atoms with Crippen molar-refractivity contribution < 1.29 is 9.59 Å². The van der Waals surface area contributed by atoms with Crippen molar-refractivity contribution in [3.8, 4) is 16.9 Å². The van der Waals surface area contributed by atoms with E-state index in [1.165, 1.54) is 0 Å². The van der Waals surface area contributed by atoms with Crippen LogP contribution in [0.4, 0.5) is 0 Å². The number of aromatic nitrogens is 2. The third-order valence-corrected chi connectivity index (χ3v) is 6.40. The van der Waals surface area contributed by atoms with Crippen LogP contribution in [0.3, 0.4) is 0 Å². The smallest absolute Gasteiger partial charge is 0.272 e. The molecular formula is C24H24Cl2N4O2. The number of carbonyl (C=O) groups excluding carboxylic acids is 2. The Balaban J connectivity index is 1.92. The number of rotatable bonds is 5. The van der Waals surface area contributed by atoms with E-state index < -0.39 is 5.91 Å². The highest BCUT2D eigenvalue weighted by Crippen LogP contribution is 2.35. The van der Waals surface area contributed by atoms with Crippen LogP contribution in [0.25, 0.3) is 16.9 Å². The summed E-state index contributed by atoms with van der Waals surface area (Å²) in [6.45, 7) is 3.70. The number of aryl methyl sites for hydroxylation is 1. The Morgan fingerprint density at radius 3 is 2.47 bits per heavy atom. The van der Waals surface area contributed by atoms with Gasteiger partial charge in [0.05, 0.1) is 16.4 Å². The van der Waals surface area contributed by atoms with Crippen molar-refractivity contribution in [3.63, 3.8) is 0 Å². The number of amides is 2. The maximum atomic E-state index is 13.1. The zero-order valence-electron chi connectivity index (χ0n) is 17.9. The lowest BCUT2D eigenvalue weighted by Crippen LogP contribution is -2.33. The van der Waals surface area contributed by atoms with Crippen LogP contribution < -0.4 is 11.1 Å². The fourth-order valence-electron chi connectivity index (χ4n) is 4.25. The molecule has 0 aliphatic heterocycles. The minimum atomic E-state index is -0.560. The highest BCUT2D eigenvalue weighted by molar-refractivity contribution is 6.35. The van der Waals surface area contributed by atoms with E-state index >= 15 is 0 Å². The third kappa shape index (κ3) is 4.25. The fraction of sp³-hybridized carbons (Fsp3) is 0.292. The van der Waals surface area contributed by atoms with Crippen LogP contribution in [0.5, 0.6) is 0 Å². The summed E-state index contributed by atoms with van der Waals surface area (Å²) in [6.07, 6.45) is 4.14. The van der Waals surface area contributed by atoms with Crippen LogP contribution in [0.1, 0.15) is 57.7 Å². The number of hydrogen-bond donors (Lipinski definition) is 2. The van der Waals surface area contributed by atoms with Gasteiger partial charge >= 0.3 is 0 Å². The van der Waals surface area contributed by atoms with Gasteiger partial charge in [0, 0.05) is 27.8 Å². The molecule has 2 aromatic carbocycles. The molecule has 1 fully saturated rings. The first-order valence-electron chi connectivity index (χ1n) is 10.5. The largest absolute Gasteiger partial charge is 0.366 e. The average Bonchev–Trinajstić information content (AvgIpc) is 3.36. The Kier molecular flexibility index (Phi) is 6.26. The quantitative estimate of drug-likeness (QED) is 0.534. The molecule has 6 nitrogen and oxygen atoms in total. The SMILES string of the molecule is Cc1ccc(-c2c(C)c(C(=O)NC3CCCC3)nn2-c2ccc(Cl)cc2Cl)c(C(N)=O)c1. The Hall–Kier alpha value is -2.83. The minimum Gasteiger partial charge on any atom is -0.366 e. The van der Waals surface area contributed by atoms with Crippen LogP contribution in [0.15, 0.2) is 36.4 Å². The fourth-order valence-corrected chi connectivity index (χ4v) is 4.74. The summed E-state index contributed by atoms with van der Waals surface area (Å²) in [7, 11) is 0. The van der Waals surface area contributed by atoms with Crippen LogP contribution >= 0.6 is 23.2 Å². The van der Waals surface area contributed by atoms with Crippen molar-refractivity contribution >= 4 is 35.0 Å². The number of nitrogens with zero attached hydrogens (tertiary/aromatic N) is 2. The number of hydrogen-bond acceptors (Lipinski definition) is 3. The summed E-state index contributed by atoms with van der Waals surface area (Å²) >= 11 is 12.6. The Morgan fingerprint density at radius 1 is 1.09 bits per heavy atom. The minimum absolute atomic E-state index is 0.148. The molecule has 1 aliphatic rings. The summed E-state index contributed by atoms with van der Waals surface area (Å²) in [5.74, 6) is -0.803. The van der Waals surface area contributed by atoms with E-state index in [1.807, 2.05) is 26.0 Å². The van der Waals surface area contributed by atoms with Gasteiger partial charge in [-0.05, 0) is 51.0 Å². The molecule has 0 atom stereocenters. The van der Waals surface area contributed by atoms with Gasteiger partial charge in [-0.2, -0.15) is 5.10 Å². The molecule has 0 radical (unpaired) electrons. The molecule has 3 N–H and O–H groups in total. The van der Waals surface area contributed by atoms with Crippen LogP contribution in [-0.2, 0) is 0 Å². The molecule has 166 valence electrons. The van der Waals surface area contributed by atoms with E-state index in [-0.39, 0.29) is 17.6 Å². The van der Waals surface area contributed by atoms with Gasteiger partial charge in [-0.25, -0.2) is 4.68 Å². The number of nitrogens with two attached hydrogens (primary N) is 1. The normalized spacial score (nSPS) is 14.0. The van der Waals surface area contributed by atoms with Gasteiger partial charge in [0.1, 0.15) is 0 Å². The van der Waals surface area contributed by atoms with E-state index in [2.05, 4.69) is 10.4 Å². The molecule has 0 unspecified atom stereocenters. The summed E-state index contributed by atoms with van der Waals surface area (Å²) in [6, 6.07) is 10.6. The number of primary amides is 1. The molecule has 0 bridgehead atoms. The van der Waals surface area contributed by atoms with Crippen LogP contribution in [0, 0.1) is 13.8 Å². The summed E-state index contributed by atoms with van der Waals surface area (Å²) in [4.78, 5) is 25.4. The molecule has 1 aromatic heterocycles. The van der Waals surface area contributed by atoms with Gasteiger partial charge < -0.3 is 11.1 Å². The average molecular weight is 471 g/mol. The Labute approximate surface area is 196 Å². The van der Waals surface area contributed by atoms with E-state index in [0.717, 1.165) is 31.2 Å². The predicted octanol–water partition coefficient (Wildman–Crippen LogP) is 5.23. The standard InChI is InChI=1S/C24H24Cl2N4O2/c1-13-7-9-17(18(11-13)23(27)31)22-14(2)21(24(32)28-16-5-3-4-6-16)29-30(22)20-10-8-15(25)12-19(20)26/h7-12,16H,3-6H2,1-2H3,(H2,27,31)(H,28,32). The topological polar surface area (TPSA) is 90.0 Å². The first kappa shape index (κ1) is 22.4. The van der Waals surface area contributed by atoms with Crippen LogP contribution in [-0.4, -0.2) is 27.6 Å². The third-order valence-electron chi connectivity index (χ3n) is 5.86.